The summed E-state index contributed by atoms with van der Waals surface area (Å²) in [7, 11) is -3.78. The highest BCUT2D eigenvalue weighted by Crippen LogP contribution is 2.42. The van der Waals surface area contributed by atoms with Gasteiger partial charge >= 0.3 is 6.09 Å². The van der Waals surface area contributed by atoms with Gasteiger partial charge < -0.3 is 4.74 Å². The number of ether oxygens (including phenoxy) is 1. The number of halogens is 1. The molecule has 0 saturated carbocycles. The van der Waals surface area contributed by atoms with Gasteiger partial charge in [0.15, 0.2) is 0 Å². The molecular weight excluding hydrogens is 376 g/mol. The van der Waals surface area contributed by atoms with Gasteiger partial charge in [-0.05, 0) is 55.3 Å². The summed E-state index contributed by atoms with van der Waals surface area (Å²) in [5.74, 6) is 0.269. The molecule has 1 atom stereocenters. The lowest BCUT2D eigenvalue weighted by atomic mass is 9.96. The Kier molecular flexibility index (Phi) is 4.67. The number of hydrogen-bond acceptors (Lipinski definition) is 4. The summed E-state index contributed by atoms with van der Waals surface area (Å²) >= 11 is 6.15. The second kappa shape index (κ2) is 6.40. The Bertz CT molecular complexity index is 983. The van der Waals surface area contributed by atoms with Gasteiger partial charge in [0.2, 0.25) is 10.0 Å². The second-order valence-corrected chi connectivity index (χ2v) is 9.24. The number of primary sulfonamides is 1. The van der Waals surface area contributed by atoms with Crippen molar-refractivity contribution in [2.75, 3.05) is 17.3 Å². The number of benzene rings is 2. The van der Waals surface area contributed by atoms with Crippen LogP contribution < -0.4 is 10.0 Å². The van der Waals surface area contributed by atoms with Gasteiger partial charge in [0, 0.05) is 18.3 Å². The van der Waals surface area contributed by atoms with Gasteiger partial charge in [0.25, 0.3) is 0 Å². The van der Waals surface area contributed by atoms with Crippen molar-refractivity contribution in [3.8, 4) is 0 Å². The van der Waals surface area contributed by atoms with Crippen LogP contribution in [0.2, 0.25) is 0 Å². The molecule has 8 heteroatoms. The number of hydrogen-bond donors (Lipinski definition) is 1. The summed E-state index contributed by atoms with van der Waals surface area (Å²) in [4.78, 5) is 14.2. The maximum Gasteiger partial charge on any atom is 0.414 e. The van der Waals surface area contributed by atoms with Crippen molar-refractivity contribution < 1.29 is 17.9 Å². The minimum atomic E-state index is -3.78. The highest BCUT2D eigenvalue weighted by atomic mass is 35.5. The molecule has 1 heterocycles. The zero-order chi connectivity index (χ0) is 19.3. The molecular formula is C18H21ClN2O4S. The maximum absolute atomic E-state index is 12.6. The van der Waals surface area contributed by atoms with E-state index in [0.29, 0.717) is 12.4 Å². The number of anilines is 1. The largest absolute Gasteiger partial charge is 0.443 e. The van der Waals surface area contributed by atoms with Crippen LogP contribution in [0.5, 0.6) is 0 Å². The molecule has 0 fully saturated rings. The van der Waals surface area contributed by atoms with Crippen LogP contribution in [0.3, 0.4) is 0 Å². The third-order valence-electron chi connectivity index (χ3n) is 4.24. The van der Waals surface area contributed by atoms with Crippen LogP contribution in [-0.4, -0.2) is 32.5 Å². The smallest absolute Gasteiger partial charge is 0.414 e. The summed E-state index contributed by atoms with van der Waals surface area (Å²) in [6.07, 6.45) is -0.424. The van der Waals surface area contributed by atoms with E-state index in [-0.39, 0.29) is 10.8 Å². The van der Waals surface area contributed by atoms with Crippen LogP contribution in [0.25, 0.3) is 10.8 Å². The summed E-state index contributed by atoms with van der Waals surface area (Å²) in [6, 6.07) is 8.29. The van der Waals surface area contributed by atoms with E-state index in [2.05, 4.69) is 0 Å². The molecule has 2 N–H and O–H groups in total. The van der Waals surface area contributed by atoms with Crippen LogP contribution in [0.1, 0.15) is 32.3 Å². The lowest BCUT2D eigenvalue weighted by Gasteiger charge is -2.25. The van der Waals surface area contributed by atoms with Gasteiger partial charge in [-0.2, -0.15) is 0 Å². The number of carbonyl (C=O) groups excluding carboxylic acids is 1. The molecule has 0 aromatic heterocycles. The van der Waals surface area contributed by atoms with E-state index in [4.69, 9.17) is 21.5 Å². The van der Waals surface area contributed by atoms with Crippen molar-refractivity contribution >= 4 is 44.2 Å². The first kappa shape index (κ1) is 18.9. The minimum Gasteiger partial charge on any atom is -0.443 e. The standard InChI is InChI=1S/C18H21ClN2O4S/c1-18(2,3)25-17(22)21-10-12(9-19)16-14-6-5-13(26(20,23)24)8-11(14)4-7-15(16)21/h4-8,12H,9-10H2,1-3H3,(H2,20,23,24). The van der Waals surface area contributed by atoms with Gasteiger partial charge in [0.1, 0.15) is 5.60 Å². The Morgan fingerprint density at radius 1 is 1.31 bits per heavy atom. The molecule has 0 radical (unpaired) electrons. The summed E-state index contributed by atoms with van der Waals surface area (Å²) < 4.78 is 28.7. The molecule has 2 aromatic rings. The van der Waals surface area contributed by atoms with Crippen molar-refractivity contribution in [2.45, 2.75) is 37.2 Å². The zero-order valence-electron chi connectivity index (χ0n) is 14.8. The molecule has 1 aliphatic heterocycles. The first-order chi connectivity index (χ1) is 12.0. The molecule has 0 saturated heterocycles. The van der Waals surface area contributed by atoms with Crippen molar-refractivity contribution in [1.82, 2.24) is 0 Å². The van der Waals surface area contributed by atoms with Gasteiger partial charge in [-0.1, -0.05) is 12.1 Å². The van der Waals surface area contributed by atoms with E-state index in [0.717, 1.165) is 22.0 Å². The fraction of sp³-hybridized carbons (Fsp3) is 0.389. The number of sulfonamides is 1. The highest BCUT2D eigenvalue weighted by molar-refractivity contribution is 7.89. The maximum atomic E-state index is 12.6. The molecule has 0 bridgehead atoms. The Morgan fingerprint density at radius 3 is 2.58 bits per heavy atom. The van der Waals surface area contributed by atoms with Gasteiger partial charge in [-0.3, -0.25) is 4.90 Å². The molecule has 1 unspecified atom stereocenters. The Morgan fingerprint density at radius 2 is 2.00 bits per heavy atom. The molecule has 0 spiro atoms. The van der Waals surface area contributed by atoms with E-state index >= 15 is 0 Å². The van der Waals surface area contributed by atoms with Crippen LogP contribution in [0, 0.1) is 0 Å². The molecule has 2 aromatic carbocycles. The van der Waals surface area contributed by atoms with Crippen LogP contribution >= 0.6 is 11.6 Å². The monoisotopic (exact) mass is 396 g/mol. The average molecular weight is 397 g/mol. The normalized spacial score (nSPS) is 17.4. The van der Waals surface area contributed by atoms with Crippen molar-refractivity contribution in [3.05, 3.63) is 35.9 Å². The number of rotatable bonds is 2. The molecule has 140 valence electrons. The zero-order valence-corrected chi connectivity index (χ0v) is 16.4. The molecule has 1 amide bonds. The van der Waals surface area contributed by atoms with Crippen LogP contribution in [0.4, 0.5) is 10.5 Å². The first-order valence-corrected chi connectivity index (χ1v) is 10.3. The van der Waals surface area contributed by atoms with E-state index in [9.17, 15) is 13.2 Å². The lowest BCUT2D eigenvalue weighted by molar-refractivity contribution is 0.0582. The lowest BCUT2D eigenvalue weighted by Crippen LogP contribution is -2.36. The number of alkyl halides is 1. The first-order valence-electron chi connectivity index (χ1n) is 8.17. The Labute approximate surface area is 157 Å². The van der Waals surface area contributed by atoms with Crippen LogP contribution in [0.15, 0.2) is 35.2 Å². The number of fused-ring (bicyclic) bond motifs is 3. The third kappa shape index (κ3) is 3.51. The van der Waals surface area contributed by atoms with Gasteiger partial charge in [0.05, 0.1) is 10.6 Å². The number of carbonyl (C=O) groups is 1. The second-order valence-electron chi connectivity index (χ2n) is 7.37. The van der Waals surface area contributed by atoms with Crippen molar-refractivity contribution in [2.24, 2.45) is 5.14 Å². The summed E-state index contributed by atoms with van der Waals surface area (Å²) in [5, 5.41) is 6.80. The predicted octanol–water partition coefficient (Wildman–Crippen LogP) is 3.56. The third-order valence-corrected chi connectivity index (χ3v) is 5.52. The number of nitrogens with zero attached hydrogens (tertiary/aromatic N) is 1. The number of amides is 1. The van der Waals surface area contributed by atoms with E-state index < -0.39 is 21.7 Å². The predicted molar refractivity (Wildman–Crippen MR) is 102 cm³/mol. The average Bonchev–Trinajstić information content (AvgIpc) is 2.91. The van der Waals surface area contributed by atoms with Gasteiger partial charge in [-0.25, -0.2) is 18.4 Å². The quantitative estimate of drug-likeness (QED) is 0.786. The summed E-state index contributed by atoms with van der Waals surface area (Å²) in [6.45, 7) is 5.87. The number of nitrogens with two attached hydrogens (primary N) is 1. The van der Waals surface area contributed by atoms with E-state index in [1.165, 1.54) is 12.1 Å². The molecule has 0 aliphatic carbocycles. The minimum absolute atomic E-state index is 0.0503. The topological polar surface area (TPSA) is 89.7 Å². The van der Waals surface area contributed by atoms with E-state index in [1.807, 2.05) is 20.8 Å². The summed E-state index contributed by atoms with van der Waals surface area (Å²) in [5.41, 5.74) is 1.06. The van der Waals surface area contributed by atoms with Crippen molar-refractivity contribution in [3.63, 3.8) is 0 Å². The SMILES string of the molecule is CC(C)(C)OC(=O)N1CC(CCl)c2c1ccc1cc(S(N)(=O)=O)ccc21. The highest BCUT2D eigenvalue weighted by Gasteiger charge is 2.35. The molecule has 3 rings (SSSR count). The molecule has 1 aliphatic rings. The fourth-order valence-corrected chi connectivity index (χ4v) is 3.99. The van der Waals surface area contributed by atoms with Gasteiger partial charge in [-0.15, -0.1) is 11.6 Å². The fourth-order valence-electron chi connectivity index (χ4n) is 3.19. The van der Waals surface area contributed by atoms with E-state index in [1.54, 1.807) is 23.1 Å². The molecule has 6 nitrogen and oxygen atoms in total. The Balaban J connectivity index is 2.11. The van der Waals surface area contributed by atoms with Crippen LogP contribution in [-0.2, 0) is 14.8 Å². The van der Waals surface area contributed by atoms with Crippen molar-refractivity contribution in [1.29, 1.82) is 0 Å². The Hall–Kier alpha value is -1.83. The molecule has 26 heavy (non-hydrogen) atoms.